The van der Waals surface area contributed by atoms with E-state index >= 15 is 0 Å². The molecule has 0 saturated heterocycles. The predicted molar refractivity (Wildman–Crippen MR) is 76.8 cm³/mol. The standard InChI is InChI=1S/C14H17N5O/c1-14(2,13(15)20)19-8-9(7-18-19)10-3-5-16-12-11(10)4-6-17-12/h3-8,13,20H,15H2,1-2H3,(H,16,17). The van der Waals surface area contributed by atoms with Crippen LogP contribution in [0.3, 0.4) is 0 Å². The second kappa shape index (κ2) is 4.43. The van der Waals surface area contributed by atoms with Crippen molar-refractivity contribution < 1.29 is 5.11 Å². The fourth-order valence-corrected chi connectivity index (χ4v) is 2.13. The van der Waals surface area contributed by atoms with Crippen LogP contribution in [0.2, 0.25) is 0 Å². The molecule has 0 radical (unpaired) electrons. The Kier molecular flexibility index (Phi) is 2.84. The Hall–Kier alpha value is -2.18. The van der Waals surface area contributed by atoms with Crippen LogP contribution in [0.4, 0.5) is 0 Å². The number of aliphatic hydroxyl groups is 1. The van der Waals surface area contributed by atoms with Crippen molar-refractivity contribution in [3.05, 3.63) is 36.9 Å². The van der Waals surface area contributed by atoms with Gasteiger partial charge in [-0.3, -0.25) is 4.68 Å². The van der Waals surface area contributed by atoms with Gasteiger partial charge >= 0.3 is 0 Å². The molecule has 0 aliphatic rings. The highest BCUT2D eigenvalue weighted by Crippen LogP contribution is 2.28. The number of aromatic nitrogens is 4. The van der Waals surface area contributed by atoms with Crippen molar-refractivity contribution >= 4 is 11.0 Å². The summed E-state index contributed by atoms with van der Waals surface area (Å²) in [5, 5.41) is 15.0. The summed E-state index contributed by atoms with van der Waals surface area (Å²) in [4.78, 5) is 7.36. The molecule has 6 heteroatoms. The second-order valence-corrected chi connectivity index (χ2v) is 5.37. The normalized spacial score (nSPS) is 13.8. The maximum atomic E-state index is 9.65. The minimum Gasteiger partial charge on any atom is -0.376 e. The van der Waals surface area contributed by atoms with Gasteiger partial charge in [0.25, 0.3) is 0 Å². The molecule has 0 aromatic carbocycles. The van der Waals surface area contributed by atoms with Crippen LogP contribution in [-0.4, -0.2) is 31.1 Å². The fourth-order valence-electron chi connectivity index (χ4n) is 2.13. The van der Waals surface area contributed by atoms with Crippen LogP contribution in [0.15, 0.2) is 36.9 Å². The Balaban J connectivity index is 2.09. The van der Waals surface area contributed by atoms with Gasteiger partial charge in [-0.2, -0.15) is 5.10 Å². The van der Waals surface area contributed by atoms with E-state index in [-0.39, 0.29) is 0 Å². The van der Waals surface area contributed by atoms with Crippen LogP contribution >= 0.6 is 0 Å². The van der Waals surface area contributed by atoms with E-state index in [9.17, 15) is 5.11 Å². The van der Waals surface area contributed by atoms with E-state index in [1.165, 1.54) is 0 Å². The van der Waals surface area contributed by atoms with Crippen molar-refractivity contribution in [2.75, 3.05) is 0 Å². The summed E-state index contributed by atoms with van der Waals surface area (Å²) >= 11 is 0. The third-order valence-electron chi connectivity index (χ3n) is 3.67. The van der Waals surface area contributed by atoms with Gasteiger partial charge in [0.2, 0.25) is 0 Å². The Morgan fingerprint density at radius 2 is 2.20 bits per heavy atom. The lowest BCUT2D eigenvalue weighted by molar-refractivity contribution is 0.0547. The van der Waals surface area contributed by atoms with Crippen LogP contribution < -0.4 is 5.73 Å². The zero-order valence-corrected chi connectivity index (χ0v) is 11.4. The first-order chi connectivity index (χ1) is 9.50. The summed E-state index contributed by atoms with van der Waals surface area (Å²) < 4.78 is 1.69. The van der Waals surface area contributed by atoms with E-state index in [1.54, 1.807) is 17.1 Å². The number of rotatable bonds is 3. The molecule has 0 aliphatic carbocycles. The number of hydrogen-bond donors (Lipinski definition) is 3. The monoisotopic (exact) mass is 271 g/mol. The Labute approximate surface area is 116 Å². The number of aliphatic hydroxyl groups excluding tert-OH is 1. The van der Waals surface area contributed by atoms with Crippen LogP contribution in [-0.2, 0) is 5.54 Å². The van der Waals surface area contributed by atoms with Gasteiger partial charge in [-0.25, -0.2) is 4.98 Å². The largest absolute Gasteiger partial charge is 0.376 e. The number of nitrogens with two attached hydrogens (primary N) is 1. The van der Waals surface area contributed by atoms with Gasteiger partial charge < -0.3 is 15.8 Å². The number of nitrogens with one attached hydrogen (secondary N) is 1. The van der Waals surface area contributed by atoms with Crippen molar-refractivity contribution in [3.63, 3.8) is 0 Å². The average Bonchev–Trinajstić information content (AvgIpc) is 3.07. The highest BCUT2D eigenvalue weighted by Gasteiger charge is 2.28. The quantitative estimate of drug-likeness (QED) is 0.628. The third-order valence-corrected chi connectivity index (χ3v) is 3.67. The van der Waals surface area contributed by atoms with Crippen molar-refractivity contribution in [1.82, 2.24) is 19.7 Å². The first kappa shape index (κ1) is 12.8. The molecule has 3 rings (SSSR count). The smallest absolute Gasteiger partial charge is 0.137 e. The van der Waals surface area contributed by atoms with Crippen molar-refractivity contribution in [1.29, 1.82) is 0 Å². The van der Waals surface area contributed by atoms with Gasteiger partial charge in [-0.15, -0.1) is 0 Å². The van der Waals surface area contributed by atoms with E-state index in [2.05, 4.69) is 15.1 Å². The number of nitrogens with zero attached hydrogens (tertiary/aromatic N) is 3. The van der Waals surface area contributed by atoms with Gasteiger partial charge in [0, 0.05) is 29.5 Å². The van der Waals surface area contributed by atoms with Crippen molar-refractivity contribution in [2.45, 2.75) is 25.6 Å². The highest BCUT2D eigenvalue weighted by atomic mass is 16.3. The van der Waals surface area contributed by atoms with Crippen molar-refractivity contribution in [2.24, 2.45) is 5.73 Å². The molecule has 0 saturated carbocycles. The van der Waals surface area contributed by atoms with E-state index in [0.717, 1.165) is 22.2 Å². The maximum Gasteiger partial charge on any atom is 0.137 e. The molecule has 3 heterocycles. The number of aromatic amines is 1. The average molecular weight is 271 g/mol. The van der Waals surface area contributed by atoms with Gasteiger partial charge in [0.15, 0.2) is 0 Å². The minimum absolute atomic E-state index is 0.664. The lowest BCUT2D eigenvalue weighted by Crippen LogP contribution is -2.45. The number of pyridine rings is 1. The van der Waals surface area contributed by atoms with E-state index < -0.39 is 11.8 Å². The van der Waals surface area contributed by atoms with Gasteiger partial charge in [0.05, 0.1) is 11.7 Å². The summed E-state index contributed by atoms with van der Waals surface area (Å²) in [7, 11) is 0. The molecule has 6 nitrogen and oxygen atoms in total. The molecule has 1 atom stereocenters. The zero-order chi connectivity index (χ0) is 14.3. The van der Waals surface area contributed by atoms with Crippen LogP contribution in [0.25, 0.3) is 22.2 Å². The minimum atomic E-state index is -0.986. The van der Waals surface area contributed by atoms with E-state index in [1.807, 2.05) is 38.4 Å². The fraction of sp³-hybridized carbons (Fsp3) is 0.286. The summed E-state index contributed by atoms with van der Waals surface area (Å²) in [6.07, 6.45) is 6.29. The van der Waals surface area contributed by atoms with Gasteiger partial charge in [-0.05, 0) is 31.5 Å². The molecule has 3 aromatic heterocycles. The molecule has 0 amide bonds. The molecular formula is C14H17N5O. The van der Waals surface area contributed by atoms with Crippen LogP contribution in [0.1, 0.15) is 13.8 Å². The molecule has 104 valence electrons. The zero-order valence-electron chi connectivity index (χ0n) is 11.4. The molecule has 0 aliphatic heterocycles. The molecule has 3 aromatic rings. The lowest BCUT2D eigenvalue weighted by Gasteiger charge is -2.28. The van der Waals surface area contributed by atoms with Crippen LogP contribution in [0.5, 0.6) is 0 Å². The summed E-state index contributed by atoms with van der Waals surface area (Å²) in [6.45, 7) is 3.68. The van der Waals surface area contributed by atoms with Crippen molar-refractivity contribution in [3.8, 4) is 11.1 Å². The predicted octanol–water partition coefficient (Wildman–Crippen LogP) is 1.44. The number of hydrogen-bond acceptors (Lipinski definition) is 4. The third kappa shape index (κ3) is 1.90. The molecule has 0 spiro atoms. The number of fused-ring (bicyclic) bond motifs is 1. The van der Waals surface area contributed by atoms with Crippen LogP contribution in [0, 0.1) is 0 Å². The first-order valence-electron chi connectivity index (χ1n) is 6.41. The summed E-state index contributed by atoms with van der Waals surface area (Å²) in [5.74, 6) is 0. The Morgan fingerprint density at radius 1 is 1.40 bits per heavy atom. The molecule has 20 heavy (non-hydrogen) atoms. The summed E-state index contributed by atoms with van der Waals surface area (Å²) in [5.41, 5.74) is 7.79. The van der Waals surface area contributed by atoms with Gasteiger partial charge in [0.1, 0.15) is 11.9 Å². The molecule has 0 fully saturated rings. The Morgan fingerprint density at radius 3 is 2.95 bits per heavy atom. The molecule has 4 N–H and O–H groups in total. The second-order valence-electron chi connectivity index (χ2n) is 5.37. The van der Waals surface area contributed by atoms with E-state index in [4.69, 9.17) is 5.73 Å². The molecule has 1 unspecified atom stereocenters. The summed E-state index contributed by atoms with van der Waals surface area (Å²) in [6, 6.07) is 3.93. The highest BCUT2D eigenvalue weighted by molar-refractivity contribution is 5.92. The van der Waals surface area contributed by atoms with Gasteiger partial charge in [-0.1, -0.05) is 0 Å². The van der Waals surface area contributed by atoms with E-state index in [0.29, 0.717) is 0 Å². The Bertz CT molecular complexity index is 741. The first-order valence-corrected chi connectivity index (χ1v) is 6.41. The molecule has 0 bridgehead atoms. The lowest BCUT2D eigenvalue weighted by atomic mass is 10.0. The topological polar surface area (TPSA) is 92.7 Å². The SMILES string of the molecule is CC(C)(C(N)O)n1cc(-c2ccnc3[nH]ccc23)cn1. The maximum absolute atomic E-state index is 9.65. The molecular weight excluding hydrogens is 254 g/mol. The number of H-pyrrole nitrogens is 1.